The smallest absolute Gasteiger partial charge is 0.126 e. The van der Waals surface area contributed by atoms with Crippen LogP contribution in [-0.2, 0) is 13.0 Å². The van der Waals surface area contributed by atoms with Gasteiger partial charge in [-0.15, -0.1) is 0 Å². The lowest BCUT2D eigenvalue weighted by molar-refractivity contribution is 0.611. The van der Waals surface area contributed by atoms with Crippen LogP contribution >= 0.6 is 0 Å². The molecule has 1 N–H and O–H groups in total. The van der Waals surface area contributed by atoms with E-state index in [-0.39, 0.29) is 5.82 Å². The summed E-state index contributed by atoms with van der Waals surface area (Å²) >= 11 is 0. The van der Waals surface area contributed by atoms with Gasteiger partial charge in [-0.2, -0.15) is 0 Å². The first-order valence-corrected chi connectivity index (χ1v) is 6.16. The van der Waals surface area contributed by atoms with Crippen molar-refractivity contribution >= 4 is 0 Å². The molecule has 0 aliphatic carbocycles. The van der Waals surface area contributed by atoms with E-state index in [2.05, 4.69) is 17.2 Å². The van der Waals surface area contributed by atoms with Gasteiger partial charge >= 0.3 is 0 Å². The number of rotatable bonds is 5. The van der Waals surface area contributed by atoms with Crippen LogP contribution < -0.4 is 5.32 Å². The summed E-state index contributed by atoms with van der Waals surface area (Å²) in [4.78, 5) is 4.05. The van der Waals surface area contributed by atoms with E-state index >= 15 is 0 Å². The molecule has 0 aliphatic rings. The second kappa shape index (κ2) is 6.26. The van der Waals surface area contributed by atoms with Gasteiger partial charge in [0.1, 0.15) is 5.82 Å². The van der Waals surface area contributed by atoms with Crippen LogP contribution in [0.5, 0.6) is 0 Å². The Balaban J connectivity index is 2.16. The highest BCUT2D eigenvalue weighted by atomic mass is 19.1. The standard InChI is InChI=1S/C15H17FN2/c1-2-17-10-13-5-6-15(16)14(9-13)8-12-4-3-7-18-11-12/h3-7,9,11,17H,2,8,10H2,1H3. The summed E-state index contributed by atoms with van der Waals surface area (Å²) in [5.41, 5.74) is 2.85. The monoisotopic (exact) mass is 244 g/mol. The Hall–Kier alpha value is -1.74. The Bertz CT molecular complexity index is 497. The van der Waals surface area contributed by atoms with Crippen molar-refractivity contribution in [3.05, 3.63) is 65.2 Å². The van der Waals surface area contributed by atoms with E-state index in [4.69, 9.17) is 0 Å². The molecule has 0 unspecified atom stereocenters. The van der Waals surface area contributed by atoms with Crippen LogP contribution in [0.3, 0.4) is 0 Å². The minimum Gasteiger partial charge on any atom is -0.313 e. The number of hydrogen-bond donors (Lipinski definition) is 1. The molecular formula is C15H17FN2. The van der Waals surface area contributed by atoms with Gasteiger partial charge in [-0.05, 0) is 35.4 Å². The molecule has 0 spiro atoms. The molecule has 0 amide bonds. The molecule has 1 heterocycles. The predicted octanol–water partition coefficient (Wildman–Crippen LogP) is 2.92. The molecule has 0 saturated heterocycles. The highest BCUT2D eigenvalue weighted by molar-refractivity contribution is 5.29. The normalized spacial score (nSPS) is 10.6. The van der Waals surface area contributed by atoms with Crippen molar-refractivity contribution in [3.63, 3.8) is 0 Å². The lowest BCUT2D eigenvalue weighted by atomic mass is 10.0. The van der Waals surface area contributed by atoms with Crippen LogP contribution in [0.25, 0.3) is 0 Å². The minimum atomic E-state index is -0.154. The third-order valence-corrected chi connectivity index (χ3v) is 2.81. The fourth-order valence-corrected chi connectivity index (χ4v) is 1.87. The number of nitrogens with one attached hydrogen (secondary N) is 1. The zero-order chi connectivity index (χ0) is 12.8. The Morgan fingerprint density at radius 3 is 2.83 bits per heavy atom. The van der Waals surface area contributed by atoms with Crippen LogP contribution in [0, 0.1) is 5.82 Å². The molecule has 0 radical (unpaired) electrons. The molecule has 94 valence electrons. The van der Waals surface area contributed by atoms with E-state index in [1.807, 2.05) is 24.3 Å². The molecule has 2 rings (SSSR count). The quantitative estimate of drug-likeness (QED) is 0.874. The number of pyridine rings is 1. The molecule has 18 heavy (non-hydrogen) atoms. The molecule has 0 aliphatic heterocycles. The van der Waals surface area contributed by atoms with Gasteiger partial charge < -0.3 is 5.32 Å². The third-order valence-electron chi connectivity index (χ3n) is 2.81. The summed E-state index contributed by atoms with van der Waals surface area (Å²) in [5, 5.41) is 3.24. The van der Waals surface area contributed by atoms with Gasteiger partial charge in [-0.1, -0.05) is 25.1 Å². The lowest BCUT2D eigenvalue weighted by Gasteiger charge is -2.07. The van der Waals surface area contributed by atoms with E-state index in [1.54, 1.807) is 18.5 Å². The Morgan fingerprint density at radius 2 is 2.11 bits per heavy atom. The van der Waals surface area contributed by atoms with E-state index in [9.17, 15) is 4.39 Å². The number of benzene rings is 1. The van der Waals surface area contributed by atoms with Crippen molar-refractivity contribution < 1.29 is 4.39 Å². The van der Waals surface area contributed by atoms with Gasteiger partial charge in [0.05, 0.1) is 0 Å². The molecule has 0 saturated carbocycles. The van der Waals surface area contributed by atoms with Crippen LogP contribution in [0.15, 0.2) is 42.7 Å². The number of halogens is 1. The maximum Gasteiger partial charge on any atom is 0.126 e. The summed E-state index contributed by atoms with van der Waals surface area (Å²) in [6, 6.07) is 9.12. The first-order valence-electron chi connectivity index (χ1n) is 6.16. The Morgan fingerprint density at radius 1 is 1.22 bits per heavy atom. The lowest BCUT2D eigenvalue weighted by Crippen LogP contribution is -2.12. The summed E-state index contributed by atoms with van der Waals surface area (Å²) in [6.07, 6.45) is 4.08. The fourth-order valence-electron chi connectivity index (χ4n) is 1.87. The molecule has 0 bridgehead atoms. The van der Waals surface area contributed by atoms with Gasteiger partial charge in [0.25, 0.3) is 0 Å². The topological polar surface area (TPSA) is 24.9 Å². The summed E-state index contributed by atoms with van der Waals surface area (Å²) in [5.74, 6) is -0.154. The van der Waals surface area contributed by atoms with Crippen molar-refractivity contribution in [2.24, 2.45) is 0 Å². The van der Waals surface area contributed by atoms with Gasteiger partial charge in [0.2, 0.25) is 0 Å². The Kier molecular flexibility index (Phi) is 4.42. The molecule has 1 aromatic carbocycles. The van der Waals surface area contributed by atoms with E-state index in [1.165, 1.54) is 0 Å². The molecule has 3 heteroatoms. The van der Waals surface area contributed by atoms with Crippen molar-refractivity contribution in [2.45, 2.75) is 19.9 Å². The van der Waals surface area contributed by atoms with Gasteiger partial charge in [0, 0.05) is 25.4 Å². The first-order chi connectivity index (χ1) is 8.79. The van der Waals surface area contributed by atoms with Crippen LogP contribution in [0.2, 0.25) is 0 Å². The van der Waals surface area contributed by atoms with Crippen molar-refractivity contribution in [1.82, 2.24) is 10.3 Å². The average molecular weight is 244 g/mol. The zero-order valence-corrected chi connectivity index (χ0v) is 10.5. The van der Waals surface area contributed by atoms with Crippen LogP contribution in [-0.4, -0.2) is 11.5 Å². The molecule has 0 fully saturated rings. The van der Waals surface area contributed by atoms with E-state index < -0.39 is 0 Å². The number of hydrogen-bond acceptors (Lipinski definition) is 2. The summed E-state index contributed by atoms with van der Waals surface area (Å²) < 4.78 is 13.7. The zero-order valence-electron chi connectivity index (χ0n) is 10.5. The second-order valence-corrected chi connectivity index (χ2v) is 4.24. The molecule has 2 aromatic rings. The molecule has 0 atom stereocenters. The minimum absolute atomic E-state index is 0.154. The maximum absolute atomic E-state index is 13.7. The molecular weight excluding hydrogens is 227 g/mol. The van der Waals surface area contributed by atoms with Crippen molar-refractivity contribution in [3.8, 4) is 0 Å². The van der Waals surface area contributed by atoms with Crippen LogP contribution in [0.1, 0.15) is 23.6 Å². The van der Waals surface area contributed by atoms with E-state index in [0.717, 1.165) is 29.8 Å². The third kappa shape index (κ3) is 3.37. The first kappa shape index (κ1) is 12.7. The fraction of sp³-hybridized carbons (Fsp3) is 0.267. The van der Waals surface area contributed by atoms with Crippen LogP contribution in [0.4, 0.5) is 4.39 Å². The largest absolute Gasteiger partial charge is 0.313 e. The van der Waals surface area contributed by atoms with Gasteiger partial charge in [-0.3, -0.25) is 4.98 Å². The second-order valence-electron chi connectivity index (χ2n) is 4.24. The number of nitrogens with zero attached hydrogens (tertiary/aromatic N) is 1. The highest BCUT2D eigenvalue weighted by Crippen LogP contribution is 2.15. The SMILES string of the molecule is CCNCc1ccc(F)c(Cc2cccnc2)c1. The molecule has 1 aromatic heterocycles. The number of aromatic nitrogens is 1. The average Bonchev–Trinajstić information content (AvgIpc) is 2.41. The highest BCUT2D eigenvalue weighted by Gasteiger charge is 2.05. The summed E-state index contributed by atoms with van der Waals surface area (Å²) in [7, 11) is 0. The summed E-state index contributed by atoms with van der Waals surface area (Å²) in [6.45, 7) is 3.74. The molecule has 2 nitrogen and oxygen atoms in total. The van der Waals surface area contributed by atoms with Gasteiger partial charge in [0.15, 0.2) is 0 Å². The predicted molar refractivity (Wildman–Crippen MR) is 70.8 cm³/mol. The van der Waals surface area contributed by atoms with Crippen molar-refractivity contribution in [1.29, 1.82) is 0 Å². The van der Waals surface area contributed by atoms with E-state index in [0.29, 0.717) is 6.42 Å². The maximum atomic E-state index is 13.7. The van der Waals surface area contributed by atoms with Crippen molar-refractivity contribution in [2.75, 3.05) is 6.54 Å². The Labute approximate surface area is 107 Å². The van der Waals surface area contributed by atoms with Gasteiger partial charge in [-0.25, -0.2) is 4.39 Å².